The zero-order valence-electron chi connectivity index (χ0n) is 18.6. The lowest BCUT2D eigenvalue weighted by Gasteiger charge is -2.09. The fourth-order valence-electron chi connectivity index (χ4n) is 2.97. The van der Waals surface area contributed by atoms with E-state index in [1.54, 1.807) is 23.7 Å². The van der Waals surface area contributed by atoms with Crippen molar-refractivity contribution >= 4 is 29.0 Å². The van der Waals surface area contributed by atoms with Crippen LogP contribution in [0.4, 0.5) is 11.4 Å². The first-order valence-corrected chi connectivity index (χ1v) is 10.9. The lowest BCUT2D eigenvalue weighted by Crippen LogP contribution is -2.12. The van der Waals surface area contributed by atoms with Gasteiger partial charge in [-0.05, 0) is 67.1 Å². The van der Waals surface area contributed by atoms with Gasteiger partial charge in [0.1, 0.15) is 12.1 Å². The molecule has 10 nitrogen and oxygen atoms in total. The number of anilines is 1. The van der Waals surface area contributed by atoms with Gasteiger partial charge in [-0.2, -0.15) is 0 Å². The third-order valence-corrected chi connectivity index (χ3v) is 6.10. The number of aromatic nitrogens is 4. The largest absolute Gasteiger partial charge is 0.439 e. The number of aryl methyl sites for hydroxylation is 3. The Morgan fingerprint density at radius 3 is 2.59 bits per heavy atom. The second kappa shape index (κ2) is 9.71. The number of amides is 1. The molecule has 1 N–H and O–H groups in total. The fraction of sp³-hybridized carbons (Fsp3) is 0.130. The second-order valence-electron chi connectivity index (χ2n) is 7.45. The molecule has 0 saturated carbocycles. The fourth-order valence-corrected chi connectivity index (χ4v) is 3.82. The van der Waals surface area contributed by atoms with Gasteiger partial charge in [0.2, 0.25) is 5.88 Å². The van der Waals surface area contributed by atoms with Gasteiger partial charge in [0.05, 0.1) is 21.7 Å². The van der Waals surface area contributed by atoms with Gasteiger partial charge in [-0.25, -0.2) is 4.98 Å². The number of nitrogens with one attached hydrogen (secondary N) is 1. The van der Waals surface area contributed by atoms with Gasteiger partial charge < -0.3 is 14.6 Å². The van der Waals surface area contributed by atoms with Crippen LogP contribution in [0, 0.1) is 24.0 Å². The Balaban J connectivity index is 1.46. The van der Waals surface area contributed by atoms with Crippen LogP contribution >= 0.6 is 11.8 Å². The molecule has 0 unspecified atom stereocenters. The molecule has 2 aromatic heterocycles. The summed E-state index contributed by atoms with van der Waals surface area (Å²) < 4.78 is 7.40. The monoisotopic (exact) mass is 476 g/mol. The first-order chi connectivity index (χ1) is 16.3. The summed E-state index contributed by atoms with van der Waals surface area (Å²) in [6.45, 7) is 4.02. The van der Waals surface area contributed by atoms with E-state index in [9.17, 15) is 14.9 Å². The highest BCUT2D eigenvalue weighted by Gasteiger charge is 2.20. The number of nitro groups is 1. The Morgan fingerprint density at radius 2 is 1.94 bits per heavy atom. The van der Waals surface area contributed by atoms with E-state index >= 15 is 0 Å². The second-order valence-corrected chi connectivity index (χ2v) is 8.46. The van der Waals surface area contributed by atoms with Crippen LogP contribution < -0.4 is 10.1 Å². The van der Waals surface area contributed by atoms with Crippen LogP contribution in [0.3, 0.4) is 0 Å². The Labute approximate surface area is 199 Å². The molecule has 0 atom stereocenters. The van der Waals surface area contributed by atoms with Crippen molar-refractivity contribution in [3.63, 3.8) is 0 Å². The number of carbonyl (C=O) groups excluding carboxylic acids is 1. The number of nitrogens with zero attached hydrogens (tertiary/aromatic N) is 5. The molecule has 2 heterocycles. The van der Waals surface area contributed by atoms with Crippen molar-refractivity contribution in [2.45, 2.75) is 23.9 Å². The van der Waals surface area contributed by atoms with Crippen LogP contribution in [0.2, 0.25) is 0 Å². The Morgan fingerprint density at radius 1 is 1.12 bits per heavy atom. The minimum absolute atomic E-state index is 0.143. The third kappa shape index (κ3) is 5.21. The van der Waals surface area contributed by atoms with Gasteiger partial charge in [-0.1, -0.05) is 6.07 Å². The van der Waals surface area contributed by atoms with Gasteiger partial charge >= 0.3 is 0 Å². The Kier molecular flexibility index (Phi) is 6.55. The molecule has 2 aromatic carbocycles. The normalized spacial score (nSPS) is 10.7. The molecule has 0 bridgehead atoms. The highest BCUT2D eigenvalue weighted by atomic mass is 32.2. The summed E-state index contributed by atoms with van der Waals surface area (Å²) in [7, 11) is 1.74. The van der Waals surface area contributed by atoms with Gasteiger partial charge in [0, 0.05) is 24.7 Å². The van der Waals surface area contributed by atoms with Gasteiger partial charge in [-0.3, -0.25) is 14.9 Å². The maximum Gasteiger partial charge on any atom is 0.284 e. The lowest BCUT2D eigenvalue weighted by molar-refractivity contribution is -0.387. The minimum atomic E-state index is -0.532. The van der Waals surface area contributed by atoms with Crippen molar-refractivity contribution in [3.05, 3.63) is 87.9 Å². The molecule has 0 radical (unpaired) electrons. The maximum atomic E-state index is 12.7. The molecule has 4 rings (SSSR count). The standard InChI is InChI=1S/C23H20N6O4S/c1-14-4-7-18(10-15(14)2)33-21-9-6-17(12-24-21)26-22(30)16-5-8-20(19(11-16)29(31)32)34-23-27-25-13-28(23)3/h4-13H,1-3H3,(H,26,30). The van der Waals surface area contributed by atoms with Crippen LogP contribution in [0.15, 0.2) is 71.1 Å². The number of pyridine rings is 1. The number of hydrogen-bond acceptors (Lipinski definition) is 8. The quantitative estimate of drug-likeness (QED) is 0.294. The van der Waals surface area contributed by atoms with Gasteiger partial charge in [0.15, 0.2) is 5.16 Å². The summed E-state index contributed by atoms with van der Waals surface area (Å²) in [4.78, 5) is 28.3. The van der Waals surface area contributed by atoms with E-state index in [1.807, 2.05) is 32.0 Å². The number of hydrogen-bond donors (Lipinski definition) is 1. The van der Waals surface area contributed by atoms with Crippen LogP contribution in [-0.2, 0) is 7.05 Å². The first-order valence-electron chi connectivity index (χ1n) is 10.1. The minimum Gasteiger partial charge on any atom is -0.439 e. The summed E-state index contributed by atoms with van der Waals surface area (Å²) >= 11 is 1.10. The van der Waals surface area contributed by atoms with Crippen molar-refractivity contribution in [1.29, 1.82) is 0 Å². The third-order valence-electron chi connectivity index (χ3n) is 4.98. The van der Waals surface area contributed by atoms with E-state index in [0.717, 1.165) is 17.3 Å². The summed E-state index contributed by atoms with van der Waals surface area (Å²) in [5.74, 6) is 0.545. The molecule has 0 aliphatic rings. The van der Waals surface area contributed by atoms with Crippen LogP contribution in [0.5, 0.6) is 11.6 Å². The number of nitro benzene ring substituents is 1. The van der Waals surface area contributed by atoms with Crippen LogP contribution in [-0.4, -0.2) is 30.6 Å². The Hall–Kier alpha value is -4.25. The molecule has 0 saturated heterocycles. The molecular formula is C23H20N6O4S. The van der Waals surface area contributed by atoms with Crippen LogP contribution in [0.25, 0.3) is 0 Å². The number of ether oxygens (including phenoxy) is 1. The van der Waals surface area contributed by atoms with E-state index in [0.29, 0.717) is 27.4 Å². The number of rotatable bonds is 7. The van der Waals surface area contributed by atoms with Crippen molar-refractivity contribution in [2.75, 3.05) is 5.32 Å². The number of carbonyl (C=O) groups is 1. The van der Waals surface area contributed by atoms with E-state index in [4.69, 9.17) is 4.74 Å². The zero-order valence-corrected chi connectivity index (χ0v) is 19.4. The molecule has 172 valence electrons. The molecule has 11 heteroatoms. The predicted molar refractivity (Wildman–Crippen MR) is 126 cm³/mol. The highest BCUT2D eigenvalue weighted by molar-refractivity contribution is 7.99. The van der Waals surface area contributed by atoms with Crippen LogP contribution in [0.1, 0.15) is 21.5 Å². The molecule has 0 fully saturated rings. The molecule has 34 heavy (non-hydrogen) atoms. The molecule has 0 aliphatic heterocycles. The summed E-state index contributed by atoms with van der Waals surface area (Å²) in [5, 5.41) is 22.5. The number of benzene rings is 2. The average molecular weight is 477 g/mol. The van der Waals surface area contributed by atoms with Gasteiger partial charge in [0.25, 0.3) is 11.6 Å². The van der Waals surface area contributed by atoms with Crippen molar-refractivity contribution in [3.8, 4) is 11.6 Å². The molecule has 0 spiro atoms. The first kappa shape index (κ1) is 22.9. The average Bonchev–Trinajstić information content (AvgIpc) is 3.22. The Bertz CT molecular complexity index is 1370. The van der Waals surface area contributed by atoms with Crippen molar-refractivity contribution in [2.24, 2.45) is 7.05 Å². The maximum absolute atomic E-state index is 12.7. The SMILES string of the molecule is Cc1ccc(Oc2ccc(NC(=O)c3ccc(Sc4nncn4C)c([N+](=O)[O-])c3)cn2)cc1C. The van der Waals surface area contributed by atoms with E-state index in [1.165, 1.54) is 36.3 Å². The molecule has 1 amide bonds. The summed E-state index contributed by atoms with van der Waals surface area (Å²) in [6.07, 6.45) is 2.96. The topological polar surface area (TPSA) is 125 Å². The van der Waals surface area contributed by atoms with E-state index < -0.39 is 10.8 Å². The smallest absolute Gasteiger partial charge is 0.284 e. The van der Waals surface area contributed by atoms with Crippen molar-refractivity contribution < 1.29 is 14.5 Å². The van der Waals surface area contributed by atoms with Crippen molar-refractivity contribution in [1.82, 2.24) is 19.7 Å². The van der Waals surface area contributed by atoms with Gasteiger partial charge in [-0.15, -0.1) is 10.2 Å². The molecule has 4 aromatic rings. The highest BCUT2D eigenvalue weighted by Crippen LogP contribution is 2.34. The van der Waals surface area contributed by atoms with E-state index in [-0.39, 0.29) is 11.3 Å². The predicted octanol–water partition coefficient (Wildman–Crippen LogP) is 4.93. The summed E-state index contributed by atoms with van der Waals surface area (Å²) in [5.41, 5.74) is 2.65. The molecule has 0 aliphatic carbocycles. The van der Waals surface area contributed by atoms with E-state index in [2.05, 4.69) is 20.5 Å². The zero-order chi connectivity index (χ0) is 24.2. The lowest BCUT2D eigenvalue weighted by atomic mass is 10.1. The molecular weight excluding hydrogens is 456 g/mol. The summed E-state index contributed by atoms with van der Waals surface area (Å²) in [6, 6.07) is 13.3.